The fourth-order valence-electron chi connectivity index (χ4n) is 2.28. The lowest BCUT2D eigenvalue weighted by molar-refractivity contribution is 0.0935. The predicted molar refractivity (Wildman–Crippen MR) is 84.3 cm³/mol. The number of methoxy groups -OCH3 is 1. The fraction of sp³-hybridized carbons (Fsp3) is 0.235. The molecular formula is C17H20N2O2. The topological polar surface area (TPSA) is 64.4 Å². The van der Waals surface area contributed by atoms with Crippen LogP contribution in [-0.4, -0.2) is 13.0 Å². The van der Waals surface area contributed by atoms with E-state index in [4.69, 9.17) is 10.5 Å². The third-order valence-electron chi connectivity index (χ3n) is 3.38. The minimum atomic E-state index is -0.139. The van der Waals surface area contributed by atoms with Crippen molar-refractivity contribution < 1.29 is 9.53 Å². The van der Waals surface area contributed by atoms with Gasteiger partial charge in [-0.15, -0.1) is 0 Å². The lowest BCUT2D eigenvalue weighted by Crippen LogP contribution is -2.28. The molecule has 3 N–H and O–H groups in total. The Hall–Kier alpha value is -2.49. The van der Waals surface area contributed by atoms with Crippen molar-refractivity contribution in [2.24, 2.45) is 0 Å². The Morgan fingerprint density at radius 3 is 2.67 bits per heavy atom. The molecule has 0 spiro atoms. The minimum absolute atomic E-state index is 0.102. The zero-order valence-corrected chi connectivity index (χ0v) is 12.3. The molecule has 21 heavy (non-hydrogen) atoms. The summed E-state index contributed by atoms with van der Waals surface area (Å²) in [6.45, 7) is 2.02. The summed E-state index contributed by atoms with van der Waals surface area (Å²) in [5.41, 5.74) is 7.82. The first-order valence-corrected chi connectivity index (χ1v) is 6.95. The molecule has 1 atom stereocenters. The molecule has 0 saturated carbocycles. The number of hydrogen-bond acceptors (Lipinski definition) is 3. The van der Waals surface area contributed by atoms with Gasteiger partial charge in [0.1, 0.15) is 5.75 Å². The Balaban J connectivity index is 2.21. The third-order valence-corrected chi connectivity index (χ3v) is 3.38. The third kappa shape index (κ3) is 3.54. The van der Waals surface area contributed by atoms with E-state index in [1.807, 2.05) is 31.2 Å². The molecule has 0 aromatic heterocycles. The Labute approximate surface area is 124 Å². The summed E-state index contributed by atoms with van der Waals surface area (Å²) in [7, 11) is 1.63. The first kappa shape index (κ1) is 14.9. The number of hydrogen-bond donors (Lipinski definition) is 2. The number of nitrogens with one attached hydrogen (secondary N) is 1. The molecule has 0 aliphatic rings. The molecule has 0 saturated heterocycles. The van der Waals surface area contributed by atoms with Crippen molar-refractivity contribution in [1.82, 2.24) is 5.32 Å². The Morgan fingerprint density at radius 1 is 1.24 bits per heavy atom. The highest BCUT2D eigenvalue weighted by Gasteiger charge is 2.17. The highest BCUT2D eigenvalue weighted by atomic mass is 16.5. The van der Waals surface area contributed by atoms with Gasteiger partial charge in [-0.2, -0.15) is 0 Å². The minimum Gasteiger partial charge on any atom is -0.496 e. The predicted octanol–water partition coefficient (Wildman–Crippen LogP) is 3.16. The summed E-state index contributed by atoms with van der Waals surface area (Å²) in [5, 5.41) is 3.03. The van der Waals surface area contributed by atoms with Gasteiger partial charge in [0.05, 0.1) is 13.2 Å². The summed E-state index contributed by atoms with van der Waals surface area (Å²) in [4.78, 5) is 12.3. The van der Waals surface area contributed by atoms with E-state index < -0.39 is 0 Å². The molecule has 2 rings (SSSR count). The average molecular weight is 284 g/mol. The molecule has 2 aromatic carbocycles. The monoisotopic (exact) mass is 284 g/mol. The second-order valence-corrected chi connectivity index (χ2v) is 4.80. The Kier molecular flexibility index (Phi) is 4.82. The quantitative estimate of drug-likeness (QED) is 0.829. The van der Waals surface area contributed by atoms with Crippen LogP contribution in [0.15, 0.2) is 48.5 Å². The molecule has 0 aliphatic heterocycles. The number of carbonyl (C=O) groups is 1. The van der Waals surface area contributed by atoms with E-state index in [9.17, 15) is 4.79 Å². The normalized spacial score (nSPS) is 11.7. The summed E-state index contributed by atoms with van der Waals surface area (Å²) in [6, 6.07) is 14.6. The van der Waals surface area contributed by atoms with E-state index >= 15 is 0 Å². The number of para-hydroxylation sites is 1. The van der Waals surface area contributed by atoms with Crippen LogP contribution in [0.5, 0.6) is 5.75 Å². The number of nitrogens with two attached hydrogens (primary N) is 1. The standard InChI is InChI=1S/C17H20N2O2/c1-3-15(14-9-4-5-10-16(14)21-2)19-17(20)12-7-6-8-13(18)11-12/h4-11,15H,3,18H2,1-2H3,(H,19,20). The molecule has 0 aliphatic carbocycles. The smallest absolute Gasteiger partial charge is 0.251 e. The fourth-order valence-corrected chi connectivity index (χ4v) is 2.28. The molecule has 1 unspecified atom stereocenters. The van der Waals surface area contributed by atoms with Crippen LogP contribution in [0.4, 0.5) is 5.69 Å². The largest absolute Gasteiger partial charge is 0.496 e. The molecule has 0 bridgehead atoms. The van der Waals surface area contributed by atoms with Crippen molar-refractivity contribution in [3.8, 4) is 5.75 Å². The van der Waals surface area contributed by atoms with Crippen LogP contribution >= 0.6 is 0 Å². The number of rotatable bonds is 5. The SMILES string of the molecule is CCC(NC(=O)c1cccc(N)c1)c1ccccc1OC. The van der Waals surface area contributed by atoms with Gasteiger partial charge in [-0.05, 0) is 30.7 Å². The molecule has 4 nitrogen and oxygen atoms in total. The van der Waals surface area contributed by atoms with E-state index in [0.29, 0.717) is 11.3 Å². The zero-order chi connectivity index (χ0) is 15.2. The van der Waals surface area contributed by atoms with Crippen molar-refractivity contribution >= 4 is 11.6 Å². The van der Waals surface area contributed by atoms with Gasteiger partial charge in [0.25, 0.3) is 5.91 Å². The molecule has 2 aromatic rings. The lowest BCUT2D eigenvalue weighted by Gasteiger charge is -2.20. The van der Waals surface area contributed by atoms with Crippen LogP contribution in [0.25, 0.3) is 0 Å². The van der Waals surface area contributed by atoms with Crippen LogP contribution in [0, 0.1) is 0 Å². The maximum absolute atomic E-state index is 12.3. The number of carbonyl (C=O) groups excluding carboxylic acids is 1. The van der Waals surface area contributed by atoms with E-state index in [-0.39, 0.29) is 11.9 Å². The van der Waals surface area contributed by atoms with E-state index in [2.05, 4.69) is 5.32 Å². The van der Waals surface area contributed by atoms with Gasteiger partial charge in [-0.3, -0.25) is 4.79 Å². The van der Waals surface area contributed by atoms with Gasteiger partial charge in [0.2, 0.25) is 0 Å². The number of nitrogen functional groups attached to an aromatic ring is 1. The molecule has 1 amide bonds. The average Bonchev–Trinajstić information content (AvgIpc) is 2.52. The highest BCUT2D eigenvalue weighted by molar-refractivity contribution is 5.95. The van der Waals surface area contributed by atoms with Crippen molar-refractivity contribution in [3.63, 3.8) is 0 Å². The van der Waals surface area contributed by atoms with Crippen LogP contribution < -0.4 is 15.8 Å². The van der Waals surface area contributed by atoms with Crippen LogP contribution in [0.1, 0.15) is 35.3 Å². The van der Waals surface area contributed by atoms with Crippen molar-refractivity contribution in [1.29, 1.82) is 0 Å². The highest BCUT2D eigenvalue weighted by Crippen LogP contribution is 2.27. The maximum Gasteiger partial charge on any atom is 0.251 e. The van der Waals surface area contributed by atoms with Gasteiger partial charge in [-0.25, -0.2) is 0 Å². The molecule has 110 valence electrons. The van der Waals surface area contributed by atoms with Gasteiger partial charge in [0.15, 0.2) is 0 Å². The van der Waals surface area contributed by atoms with Crippen molar-refractivity contribution in [2.45, 2.75) is 19.4 Å². The first-order chi connectivity index (χ1) is 10.2. The molecular weight excluding hydrogens is 264 g/mol. The van der Waals surface area contributed by atoms with Crippen molar-refractivity contribution in [3.05, 3.63) is 59.7 Å². The number of amides is 1. The summed E-state index contributed by atoms with van der Waals surface area (Å²) in [5.74, 6) is 0.636. The van der Waals surface area contributed by atoms with Crippen molar-refractivity contribution in [2.75, 3.05) is 12.8 Å². The molecule has 0 heterocycles. The summed E-state index contributed by atoms with van der Waals surface area (Å²) >= 11 is 0. The van der Waals surface area contributed by atoms with E-state index in [1.165, 1.54) is 0 Å². The van der Waals surface area contributed by atoms with Gasteiger partial charge in [-0.1, -0.05) is 31.2 Å². The maximum atomic E-state index is 12.3. The van der Waals surface area contributed by atoms with Crippen LogP contribution in [0.3, 0.4) is 0 Å². The second-order valence-electron chi connectivity index (χ2n) is 4.80. The number of ether oxygens (including phenoxy) is 1. The summed E-state index contributed by atoms with van der Waals surface area (Å²) < 4.78 is 5.36. The first-order valence-electron chi connectivity index (χ1n) is 6.95. The lowest BCUT2D eigenvalue weighted by atomic mass is 10.0. The Morgan fingerprint density at radius 2 is 2.00 bits per heavy atom. The number of anilines is 1. The van der Waals surface area contributed by atoms with E-state index in [0.717, 1.165) is 17.7 Å². The van der Waals surface area contributed by atoms with Gasteiger partial charge < -0.3 is 15.8 Å². The zero-order valence-electron chi connectivity index (χ0n) is 12.3. The molecule has 4 heteroatoms. The number of benzene rings is 2. The van der Waals surface area contributed by atoms with Crippen LogP contribution in [0.2, 0.25) is 0 Å². The molecule has 0 radical (unpaired) electrons. The van der Waals surface area contributed by atoms with Gasteiger partial charge in [0, 0.05) is 16.8 Å². The Bertz CT molecular complexity index is 626. The van der Waals surface area contributed by atoms with Crippen LogP contribution in [-0.2, 0) is 0 Å². The van der Waals surface area contributed by atoms with Gasteiger partial charge >= 0.3 is 0 Å². The molecule has 0 fully saturated rings. The summed E-state index contributed by atoms with van der Waals surface area (Å²) in [6.07, 6.45) is 0.772. The van der Waals surface area contributed by atoms with E-state index in [1.54, 1.807) is 31.4 Å². The second kappa shape index (κ2) is 6.79.